The molecule has 0 saturated heterocycles. The Balaban J connectivity index is 1.35. The maximum Gasteiger partial charge on any atom is 0.152 e. The molecule has 2 aromatic heterocycles. The fourth-order valence-electron chi connectivity index (χ4n) is 5.38. The van der Waals surface area contributed by atoms with E-state index in [-0.39, 0.29) is 11.2 Å². The Kier molecular flexibility index (Phi) is 8.11. The van der Waals surface area contributed by atoms with Gasteiger partial charge in [0.1, 0.15) is 17.0 Å². The zero-order valence-corrected chi connectivity index (χ0v) is 22.7. The molecule has 2 unspecified atom stereocenters. The Bertz CT molecular complexity index is 1440. The number of hydrogen-bond acceptors (Lipinski definition) is 3. The molecule has 5 rings (SSSR count). The Morgan fingerprint density at radius 3 is 2.74 bits per heavy atom. The highest BCUT2D eigenvalue weighted by Gasteiger charge is 2.15. The molecule has 2 aliphatic rings. The van der Waals surface area contributed by atoms with Gasteiger partial charge in [-0.25, -0.2) is 19.4 Å². The van der Waals surface area contributed by atoms with E-state index in [1.54, 1.807) is 18.3 Å². The fourth-order valence-corrected chi connectivity index (χ4v) is 5.38. The minimum Gasteiger partial charge on any atom is -0.324 e. The van der Waals surface area contributed by atoms with Crippen LogP contribution in [0.1, 0.15) is 63.8 Å². The van der Waals surface area contributed by atoms with Gasteiger partial charge in [0.25, 0.3) is 0 Å². The van der Waals surface area contributed by atoms with Crippen LogP contribution in [0.2, 0.25) is 0 Å². The zero-order valence-electron chi connectivity index (χ0n) is 22.7. The second kappa shape index (κ2) is 11.8. The largest absolute Gasteiger partial charge is 0.324 e. The summed E-state index contributed by atoms with van der Waals surface area (Å²) in [6.07, 6.45) is 20.5. The maximum atomic E-state index is 14.3. The van der Waals surface area contributed by atoms with Gasteiger partial charge >= 0.3 is 0 Å². The fraction of sp³-hybridized carbons (Fsp3) is 0.364. The standard InChI is InChI=1S/C33H37FN4/c1-23-6-4-8-26(11-10-23)12-13-27-15-17-33-36-22-31(38(33)19-18-25(27)3)28-14-16-32(35-21-28)37-30-20-24(2)7-5-9-29(30)34/h5,7,9,12-17,20-23,26H,4,6,8,10-11,18-19H2,1-3H3. The summed E-state index contributed by atoms with van der Waals surface area (Å²) in [6, 6.07) is 10.5. The first-order chi connectivity index (χ1) is 18.5. The van der Waals surface area contributed by atoms with Crippen LogP contribution in [-0.4, -0.2) is 14.5 Å². The first-order valence-corrected chi connectivity index (χ1v) is 13.9. The van der Waals surface area contributed by atoms with Crippen LogP contribution in [0.5, 0.6) is 0 Å². The SMILES string of the molecule is CC1=C(C=CC2CCCC(C)CC2)C=Cc2ncc(-c3ccc(N=c4cc(C)cccc4F)nc3)n2CC1. The van der Waals surface area contributed by atoms with E-state index in [0.717, 1.165) is 41.5 Å². The van der Waals surface area contributed by atoms with Gasteiger partial charge in [0.05, 0.1) is 11.9 Å². The third-order valence-corrected chi connectivity index (χ3v) is 7.84. The highest BCUT2D eigenvalue weighted by atomic mass is 19.1. The lowest BCUT2D eigenvalue weighted by molar-refractivity contribution is 0.494. The van der Waals surface area contributed by atoms with E-state index in [2.05, 4.69) is 52.7 Å². The number of halogens is 1. The average molecular weight is 509 g/mol. The normalized spacial score (nSPS) is 20.8. The quantitative estimate of drug-likeness (QED) is 0.334. The molecule has 1 aromatic carbocycles. The van der Waals surface area contributed by atoms with Gasteiger partial charge in [0.2, 0.25) is 0 Å². The van der Waals surface area contributed by atoms with Crippen LogP contribution in [0, 0.1) is 24.6 Å². The van der Waals surface area contributed by atoms with Crippen molar-refractivity contribution in [2.75, 3.05) is 0 Å². The van der Waals surface area contributed by atoms with E-state index in [1.165, 1.54) is 49.3 Å². The highest BCUT2D eigenvalue weighted by molar-refractivity contribution is 5.63. The van der Waals surface area contributed by atoms with E-state index in [9.17, 15) is 4.39 Å². The summed E-state index contributed by atoms with van der Waals surface area (Å²) >= 11 is 0. The summed E-state index contributed by atoms with van der Waals surface area (Å²) in [5.74, 6) is 2.62. The molecule has 5 heteroatoms. The molecule has 1 saturated carbocycles. The van der Waals surface area contributed by atoms with Crippen LogP contribution in [0.4, 0.5) is 10.2 Å². The molecule has 0 radical (unpaired) electrons. The summed E-state index contributed by atoms with van der Waals surface area (Å²) in [6.45, 7) is 7.41. The number of aryl methyl sites for hydroxylation is 1. The van der Waals surface area contributed by atoms with Gasteiger partial charge in [-0.3, -0.25) is 0 Å². The first kappa shape index (κ1) is 26.0. The molecule has 0 amide bonds. The van der Waals surface area contributed by atoms with Crippen molar-refractivity contribution >= 4 is 11.9 Å². The van der Waals surface area contributed by atoms with Gasteiger partial charge in [-0.2, -0.15) is 0 Å². The molecule has 38 heavy (non-hydrogen) atoms. The predicted octanol–water partition coefficient (Wildman–Crippen LogP) is 8.13. The van der Waals surface area contributed by atoms with E-state index >= 15 is 0 Å². The minimum absolute atomic E-state index is 0.285. The molecule has 2 atom stereocenters. The lowest BCUT2D eigenvalue weighted by atomic mass is 9.96. The van der Waals surface area contributed by atoms with Gasteiger partial charge in [-0.05, 0) is 86.4 Å². The van der Waals surface area contributed by atoms with Gasteiger partial charge in [-0.15, -0.1) is 0 Å². The molecular weight excluding hydrogens is 471 g/mol. The number of allylic oxidation sites excluding steroid dienone is 5. The summed E-state index contributed by atoms with van der Waals surface area (Å²) < 4.78 is 16.6. The lowest BCUT2D eigenvalue weighted by Crippen LogP contribution is -2.06. The minimum atomic E-state index is -0.366. The molecule has 0 spiro atoms. The molecule has 3 aromatic rings. The van der Waals surface area contributed by atoms with Crippen LogP contribution in [0.3, 0.4) is 0 Å². The Hall–Kier alpha value is -3.60. The van der Waals surface area contributed by atoms with Crippen molar-refractivity contribution in [3.8, 4) is 11.3 Å². The van der Waals surface area contributed by atoms with Crippen LogP contribution in [-0.2, 0) is 6.54 Å². The topological polar surface area (TPSA) is 43.1 Å². The predicted molar refractivity (Wildman–Crippen MR) is 153 cm³/mol. The number of aromatic nitrogens is 3. The molecule has 4 nitrogen and oxygen atoms in total. The van der Waals surface area contributed by atoms with Crippen molar-refractivity contribution in [3.05, 3.63) is 101 Å². The maximum absolute atomic E-state index is 14.3. The molecule has 3 heterocycles. The van der Waals surface area contributed by atoms with Crippen molar-refractivity contribution in [2.45, 2.75) is 65.8 Å². The molecule has 1 aliphatic carbocycles. The van der Waals surface area contributed by atoms with E-state index in [1.807, 2.05) is 31.3 Å². The Morgan fingerprint density at radius 2 is 1.89 bits per heavy atom. The first-order valence-electron chi connectivity index (χ1n) is 13.9. The summed E-state index contributed by atoms with van der Waals surface area (Å²) in [4.78, 5) is 13.6. The molecule has 196 valence electrons. The van der Waals surface area contributed by atoms with Crippen LogP contribution in [0.25, 0.3) is 17.3 Å². The van der Waals surface area contributed by atoms with Crippen molar-refractivity contribution < 1.29 is 4.39 Å². The van der Waals surface area contributed by atoms with Crippen LogP contribution >= 0.6 is 0 Å². The van der Waals surface area contributed by atoms with Crippen LogP contribution < -0.4 is 5.36 Å². The number of pyridine rings is 1. The smallest absolute Gasteiger partial charge is 0.152 e. The van der Waals surface area contributed by atoms with Crippen molar-refractivity contribution in [1.29, 1.82) is 0 Å². The summed E-state index contributed by atoms with van der Waals surface area (Å²) in [5, 5.41) is 0.285. The van der Waals surface area contributed by atoms with Gasteiger partial charge < -0.3 is 4.57 Å². The third-order valence-electron chi connectivity index (χ3n) is 7.84. The monoisotopic (exact) mass is 508 g/mol. The summed E-state index contributed by atoms with van der Waals surface area (Å²) in [5.41, 5.74) is 5.64. The Labute approximate surface area is 225 Å². The molecule has 1 aliphatic heterocycles. The van der Waals surface area contributed by atoms with Crippen LogP contribution in [0.15, 0.2) is 83.2 Å². The second-order valence-corrected chi connectivity index (χ2v) is 10.9. The number of fused-ring (bicyclic) bond motifs is 1. The van der Waals surface area contributed by atoms with Gasteiger partial charge in [0.15, 0.2) is 5.82 Å². The summed E-state index contributed by atoms with van der Waals surface area (Å²) in [7, 11) is 0. The third kappa shape index (κ3) is 6.27. The zero-order chi connectivity index (χ0) is 26.5. The van der Waals surface area contributed by atoms with E-state index in [0.29, 0.717) is 11.7 Å². The number of nitrogens with zero attached hydrogens (tertiary/aromatic N) is 4. The number of hydrogen-bond donors (Lipinski definition) is 0. The lowest BCUT2D eigenvalue weighted by Gasteiger charge is -2.15. The Morgan fingerprint density at radius 1 is 1.00 bits per heavy atom. The second-order valence-electron chi connectivity index (χ2n) is 10.9. The van der Waals surface area contributed by atoms with E-state index < -0.39 is 0 Å². The molecular formula is C33H37FN4. The van der Waals surface area contributed by atoms with E-state index in [4.69, 9.17) is 4.98 Å². The van der Waals surface area contributed by atoms with Crippen molar-refractivity contribution in [1.82, 2.24) is 14.5 Å². The number of rotatable bonds is 4. The van der Waals surface area contributed by atoms with Gasteiger partial charge in [0, 0.05) is 18.3 Å². The highest BCUT2D eigenvalue weighted by Crippen LogP contribution is 2.30. The molecule has 0 N–H and O–H groups in total. The number of imidazole rings is 1. The molecule has 0 bridgehead atoms. The van der Waals surface area contributed by atoms with Crippen molar-refractivity contribution in [2.24, 2.45) is 16.8 Å². The van der Waals surface area contributed by atoms with Crippen molar-refractivity contribution in [3.63, 3.8) is 0 Å². The van der Waals surface area contributed by atoms with Gasteiger partial charge in [-0.1, -0.05) is 62.1 Å². The average Bonchev–Trinajstić information content (AvgIpc) is 3.07. The molecule has 1 fully saturated rings.